The van der Waals surface area contributed by atoms with Crippen LogP contribution in [0.2, 0.25) is 0 Å². The highest BCUT2D eigenvalue weighted by molar-refractivity contribution is 9.24. The first kappa shape index (κ1) is 5.92. The van der Waals surface area contributed by atoms with E-state index in [1.165, 1.54) is 0 Å². The van der Waals surface area contributed by atoms with Crippen LogP contribution >= 0.6 is 31.9 Å². The molecule has 31 valence electrons. The van der Waals surface area contributed by atoms with Gasteiger partial charge in [0.05, 0.1) is 3.74 Å². The first-order valence-corrected chi connectivity index (χ1v) is 2.96. The molecule has 0 spiro atoms. The van der Waals surface area contributed by atoms with Crippen molar-refractivity contribution in [1.29, 1.82) is 0 Å². The molecule has 1 radical (unpaired) electrons. The highest BCUT2D eigenvalue weighted by atomic mass is 79.9. The second kappa shape index (κ2) is 3.12. The smallest absolute Gasteiger partial charge is 0.104 e. The molecule has 0 aliphatic rings. The van der Waals surface area contributed by atoms with Crippen molar-refractivity contribution in [3.8, 4) is 0 Å². The molecule has 0 aliphatic heterocycles. The minimum atomic E-state index is -0.111. The van der Waals surface area contributed by atoms with E-state index < -0.39 is 0 Å². The largest absolute Gasteiger partial charge is 0.235 e. The van der Waals surface area contributed by atoms with Gasteiger partial charge >= 0.3 is 0 Å². The molecule has 0 saturated carbocycles. The van der Waals surface area contributed by atoms with Crippen molar-refractivity contribution in [2.24, 2.45) is 0 Å². The molecule has 0 saturated heterocycles. The van der Waals surface area contributed by atoms with E-state index in [-0.39, 0.29) is 10.3 Å². The van der Waals surface area contributed by atoms with E-state index in [9.17, 15) is 5.11 Å². The molecular weight excluding hydrogens is 200 g/mol. The van der Waals surface area contributed by atoms with Gasteiger partial charge in [0.1, 0.15) is 6.61 Å². The zero-order valence-electron chi connectivity index (χ0n) is 2.45. The van der Waals surface area contributed by atoms with Crippen LogP contribution in [0.15, 0.2) is 0 Å². The maximum absolute atomic E-state index is 9.54. The van der Waals surface area contributed by atoms with Gasteiger partial charge in [0.15, 0.2) is 0 Å². The summed E-state index contributed by atoms with van der Waals surface area (Å²) in [7, 11) is 0. The summed E-state index contributed by atoms with van der Waals surface area (Å²) in [5, 5.41) is 9.54. The van der Waals surface area contributed by atoms with Gasteiger partial charge in [-0.15, -0.1) is 0 Å². The number of rotatable bonds is 1. The van der Waals surface area contributed by atoms with Crippen molar-refractivity contribution in [1.82, 2.24) is 0 Å². The molecule has 0 heterocycles. The molecule has 0 fully saturated rings. The standard InChI is InChI=1S/C2H3Br2O/c3-2(4)1-5/h2H,1H2. The summed E-state index contributed by atoms with van der Waals surface area (Å²) in [6, 6.07) is 0. The Labute approximate surface area is 47.6 Å². The van der Waals surface area contributed by atoms with Gasteiger partial charge in [0, 0.05) is 0 Å². The van der Waals surface area contributed by atoms with E-state index in [1.807, 2.05) is 0 Å². The molecule has 0 aliphatic carbocycles. The molecule has 1 nitrogen and oxygen atoms in total. The van der Waals surface area contributed by atoms with Gasteiger partial charge < -0.3 is 0 Å². The van der Waals surface area contributed by atoms with Crippen LogP contribution in [0.5, 0.6) is 0 Å². The molecule has 0 atom stereocenters. The van der Waals surface area contributed by atoms with Gasteiger partial charge in [0.2, 0.25) is 0 Å². The molecule has 0 aromatic rings. The average Bonchev–Trinajstić information content (AvgIpc) is 1.38. The Morgan fingerprint density at radius 3 is 1.80 bits per heavy atom. The van der Waals surface area contributed by atoms with E-state index in [4.69, 9.17) is 0 Å². The number of hydrogen-bond donors (Lipinski definition) is 0. The molecule has 0 bridgehead atoms. The molecule has 0 aromatic carbocycles. The Bertz CT molecular complexity index is 21.6. The third kappa shape index (κ3) is 4.92. The highest BCUT2D eigenvalue weighted by Crippen LogP contribution is 2.04. The predicted octanol–water partition coefficient (Wildman–Crippen LogP) is 1.53. The fourth-order valence-corrected chi connectivity index (χ4v) is 0. The van der Waals surface area contributed by atoms with Gasteiger partial charge in [-0.2, -0.15) is 0 Å². The zero-order chi connectivity index (χ0) is 4.28. The summed E-state index contributed by atoms with van der Waals surface area (Å²) in [6.07, 6.45) is 0. The average molecular weight is 203 g/mol. The quantitative estimate of drug-likeness (QED) is 0.575. The zero-order valence-corrected chi connectivity index (χ0v) is 5.62. The van der Waals surface area contributed by atoms with E-state index in [1.54, 1.807) is 0 Å². The lowest BCUT2D eigenvalue weighted by molar-refractivity contribution is 0.212. The number of hydrogen-bond acceptors (Lipinski definition) is 0. The molecule has 0 rings (SSSR count). The summed E-state index contributed by atoms with van der Waals surface area (Å²) < 4.78 is -0.0463. The van der Waals surface area contributed by atoms with Gasteiger partial charge in [-0.1, -0.05) is 31.9 Å². The lowest BCUT2D eigenvalue weighted by Gasteiger charge is -1.82. The van der Waals surface area contributed by atoms with Crippen molar-refractivity contribution in [2.45, 2.75) is 3.74 Å². The number of alkyl halides is 2. The van der Waals surface area contributed by atoms with Crippen molar-refractivity contribution >= 4 is 31.9 Å². The van der Waals surface area contributed by atoms with Crippen LogP contribution < -0.4 is 0 Å². The molecule has 0 N–H and O–H groups in total. The molecule has 0 unspecified atom stereocenters. The molecular formula is C2H3Br2O. The molecule has 5 heavy (non-hydrogen) atoms. The van der Waals surface area contributed by atoms with Crippen LogP contribution in [0, 0.1) is 0 Å². The number of halogens is 2. The maximum Gasteiger partial charge on any atom is 0.104 e. The Morgan fingerprint density at radius 2 is 1.80 bits per heavy atom. The fourth-order valence-electron chi connectivity index (χ4n) is 0. The van der Waals surface area contributed by atoms with E-state index in [0.717, 1.165) is 0 Å². The summed E-state index contributed by atoms with van der Waals surface area (Å²) in [5.41, 5.74) is 0. The first-order chi connectivity index (χ1) is 2.27. The van der Waals surface area contributed by atoms with Crippen LogP contribution in [0.25, 0.3) is 0 Å². The third-order valence-corrected chi connectivity index (χ3v) is 0.655. The first-order valence-electron chi connectivity index (χ1n) is 1.13. The highest BCUT2D eigenvalue weighted by Gasteiger charge is 1.88. The molecule has 0 amide bonds. The topological polar surface area (TPSA) is 19.9 Å². The van der Waals surface area contributed by atoms with Crippen LogP contribution in [0.3, 0.4) is 0 Å². The summed E-state index contributed by atoms with van der Waals surface area (Å²) in [5.74, 6) is 0. The van der Waals surface area contributed by atoms with Crippen molar-refractivity contribution < 1.29 is 5.11 Å². The van der Waals surface area contributed by atoms with E-state index >= 15 is 0 Å². The molecule has 3 heteroatoms. The minimum absolute atomic E-state index is 0.0463. The molecule has 0 aromatic heterocycles. The van der Waals surface area contributed by atoms with Crippen molar-refractivity contribution in [3.63, 3.8) is 0 Å². The summed E-state index contributed by atoms with van der Waals surface area (Å²) in [6.45, 7) is -0.111. The SMILES string of the molecule is [O]CC(Br)Br. The normalized spacial score (nSPS) is 9.60. The van der Waals surface area contributed by atoms with Crippen molar-refractivity contribution in [3.05, 3.63) is 0 Å². The Kier molecular flexibility index (Phi) is 3.70. The van der Waals surface area contributed by atoms with Crippen LogP contribution in [-0.2, 0) is 5.11 Å². The van der Waals surface area contributed by atoms with Gasteiger partial charge in [-0.25, -0.2) is 5.11 Å². The Morgan fingerprint density at radius 1 is 1.60 bits per heavy atom. The summed E-state index contributed by atoms with van der Waals surface area (Å²) >= 11 is 5.95. The van der Waals surface area contributed by atoms with E-state index in [0.29, 0.717) is 0 Å². The Hall–Kier alpha value is 0.920. The fraction of sp³-hybridized carbons (Fsp3) is 1.00. The van der Waals surface area contributed by atoms with Gasteiger partial charge in [-0.3, -0.25) is 0 Å². The van der Waals surface area contributed by atoms with Crippen molar-refractivity contribution in [2.75, 3.05) is 6.61 Å². The maximum atomic E-state index is 9.54. The minimum Gasteiger partial charge on any atom is -0.235 e. The van der Waals surface area contributed by atoms with Crippen LogP contribution in [0.4, 0.5) is 0 Å². The van der Waals surface area contributed by atoms with Gasteiger partial charge in [0.25, 0.3) is 0 Å². The van der Waals surface area contributed by atoms with Gasteiger partial charge in [-0.05, 0) is 0 Å². The van der Waals surface area contributed by atoms with Crippen LogP contribution in [0.1, 0.15) is 0 Å². The lowest BCUT2D eigenvalue weighted by atomic mass is 10.9. The third-order valence-electron chi connectivity index (χ3n) is 0.126. The monoisotopic (exact) mass is 201 g/mol. The Balaban J connectivity index is 2.54. The van der Waals surface area contributed by atoms with Crippen LogP contribution in [-0.4, -0.2) is 10.3 Å². The lowest BCUT2D eigenvalue weighted by Crippen LogP contribution is -1.86. The second-order valence-corrected chi connectivity index (χ2v) is 4.00. The summed E-state index contributed by atoms with van der Waals surface area (Å²) in [4.78, 5) is 0. The van der Waals surface area contributed by atoms with E-state index in [2.05, 4.69) is 31.9 Å². The second-order valence-electron chi connectivity index (χ2n) is 0.558. The predicted molar refractivity (Wildman–Crippen MR) is 27.2 cm³/mol.